The predicted octanol–water partition coefficient (Wildman–Crippen LogP) is 6.78. The topological polar surface area (TPSA) is 52.6 Å². The van der Waals surface area contributed by atoms with Gasteiger partial charge in [-0.15, -0.1) is 0 Å². The Morgan fingerprint density at radius 1 is 0.656 bits per heavy atom. The highest BCUT2D eigenvalue weighted by Gasteiger charge is 2.47. The van der Waals surface area contributed by atoms with Crippen molar-refractivity contribution in [2.24, 2.45) is 5.41 Å². The lowest BCUT2D eigenvalue weighted by atomic mass is 9.82. The van der Waals surface area contributed by atoms with Gasteiger partial charge in [0, 0.05) is 0 Å². The minimum atomic E-state index is -2.37. The summed E-state index contributed by atoms with van der Waals surface area (Å²) in [5, 5.41) is 0. The van der Waals surface area contributed by atoms with Crippen molar-refractivity contribution in [3.63, 3.8) is 0 Å². The van der Waals surface area contributed by atoms with E-state index < -0.39 is 52.2 Å². The van der Waals surface area contributed by atoms with E-state index >= 15 is 0 Å². The van der Waals surface area contributed by atoms with Crippen molar-refractivity contribution in [2.45, 2.75) is 85.0 Å². The maximum atomic E-state index is 13.9. The molecule has 0 aliphatic carbocycles. The number of esters is 2. The molecule has 1 aromatic carbocycles. The highest BCUT2D eigenvalue weighted by molar-refractivity contribution is 6.00. The first-order valence-electron chi connectivity index (χ1n) is 11.1. The standard InChI is InChI=1S/C23H31F5O4/c1-4-7-8-9-10-11-12-13-14-31-21(29)23(5-2,6-3)22(30)32-20-18(27)16(25)15(24)17(26)19(20)28/h4-14H2,1-3H3. The van der Waals surface area contributed by atoms with Crippen LogP contribution in [-0.2, 0) is 14.3 Å². The van der Waals surface area contributed by atoms with Gasteiger partial charge in [-0.1, -0.05) is 65.7 Å². The van der Waals surface area contributed by atoms with Gasteiger partial charge in [0.2, 0.25) is 34.8 Å². The third-order valence-electron chi connectivity index (χ3n) is 5.58. The number of carbonyl (C=O) groups is 2. The second kappa shape index (κ2) is 13.4. The molecule has 182 valence electrons. The molecule has 0 unspecified atom stereocenters. The molecule has 0 bridgehead atoms. The third kappa shape index (κ3) is 6.65. The normalized spacial score (nSPS) is 11.5. The van der Waals surface area contributed by atoms with Gasteiger partial charge in [0.15, 0.2) is 5.41 Å². The zero-order valence-electron chi connectivity index (χ0n) is 18.8. The first-order valence-corrected chi connectivity index (χ1v) is 11.1. The van der Waals surface area contributed by atoms with Gasteiger partial charge in [-0.25, -0.2) is 13.2 Å². The van der Waals surface area contributed by atoms with Crippen LogP contribution in [0.15, 0.2) is 0 Å². The number of benzene rings is 1. The van der Waals surface area contributed by atoms with Crippen LogP contribution in [0.25, 0.3) is 0 Å². The van der Waals surface area contributed by atoms with Crippen LogP contribution >= 0.6 is 0 Å². The molecule has 0 N–H and O–H groups in total. The summed E-state index contributed by atoms with van der Waals surface area (Å²) in [4.78, 5) is 25.2. The van der Waals surface area contributed by atoms with Crippen LogP contribution in [0.1, 0.15) is 85.0 Å². The number of hydrogen-bond acceptors (Lipinski definition) is 4. The SMILES string of the molecule is CCCCCCCCCCOC(=O)C(CC)(CC)C(=O)Oc1c(F)c(F)c(F)c(F)c1F. The monoisotopic (exact) mass is 466 g/mol. The van der Waals surface area contributed by atoms with E-state index in [2.05, 4.69) is 11.7 Å². The summed E-state index contributed by atoms with van der Waals surface area (Å²) in [5.41, 5.74) is -1.93. The summed E-state index contributed by atoms with van der Waals surface area (Å²) in [5.74, 6) is -15.6. The molecule has 0 amide bonds. The average molecular weight is 466 g/mol. The summed E-state index contributed by atoms with van der Waals surface area (Å²) >= 11 is 0. The van der Waals surface area contributed by atoms with Gasteiger partial charge in [0.05, 0.1) is 6.61 Å². The summed E-state index contributed by atoms with van der Waals surface area (Å²) in [7, 11) is 0. The van der Waals surface area contributed by atoms with Crippen molar-refractivity contribution < 1.29 is 41.0 Å². The van der Waals surface area contributed by atoms with E-state index in [9.17, 15) is 31.5 Å². The smallest absolute Gasteiger partial charge is 0.329 e. The van der Waals surface area contributed by atoms with Crippen LogP contribution in [0, 0.1) is 34.5 Å². The molecular formula is C23H31F5O4. The van der Waals surface area contributed by atoms with E-state index in [1.54, 1.807) is 0 Å². The fourth-order valence-corrected chi connectivity index (χ4v) is 3.31. The second-order valence-electron chi connectivity index (χ2n) is 7.69. The second-order valence-corrected chi connectivity index (χ2v) is 7.69. The summed E-state index contributed by atoms with van der Waals surface area (Å²) in [6.45, 7) is 5.10. The number of unbranched alkanes of at least 4 members (excludes halogenated alkanes) is 7. The van der Waals surface area contributed by atoms with Crippen molar-refractivity contribution in [3.05, 3.63) is 29.1 Å². The minimum absolute atomic E-state index is 0.0470. The van der Waals surface area contributed by atoms with Crippen molar-refractivity contribution in [1.29, 1.82) is 0 Å². The maximum absolute atomic E-state index is 13.9. The highest BCUT2D eigenvalue weighted by atomic mass is 19.2. The van der Waals surface area contributed by atoms with Gasteiger partial charge in [-0.3, -0.25) is 9.59 Å². The van der Waals surface area contributed by atoms with Gasteiger partial charge >= 0.3 is 11.9 Å². The van der Waals surface area contributed by atoms with Crippen molar-refractivity contribution >= 4 is 11.9 Å². The van der Waals surface area contributed by atoms with Crippen LogP contribution in [0.4, 0.5) is 22.0 Å². The Balaban J connectivity index is 2.76. The fourth-order valence-electron chi connectivity index (χ4n) is 3.31. The molecule has 0 atom stereocenters. The third-order valence-corrected chi connectivity index (χ3v) is 5.58. The molecule has 0 radical (unpaired) electrons. The van der Waals surface area contributed by atoms with Crippen molar-refractivity contribution in [2.75, 3.05) is 6.61 Å². The lowest BCUT2D eigenvalue weighted by molar-refractivity contribution is -0.168. The van der Waals surface area contributed by atoms with E-state index in [0.717, 1.165) is 25.7 Å². The highest BCUT2D eigenvalue weighted by Crippen LogP contribution is 2.34. The first-order chi connectivity index (χ1) is 15.2. The van der Waals surface area contributed by atoms with E-state index in [1.165, 1.54) is 33.1 Å². The molecule has 9 heteroatoms. The molecule has 0 heterocycles. The first kappa shape index (κ1) is 27.8. The number of carbonyl (C=O) groups excluding carboxylic acids is 2. The molecular weight excluding hydrogens is 435 g/mol. The summed E-state index contributed by atoms with van der Waals surface area (Å²) in [6.07, 6.45) is 7.88. The van der Waals surface area contributed by atoms with Gasteiger partial charge in [0.25, 0.3) is 0 Å². The average Bonchev–Trinajstić information content (AvgIpc) is 2.79. The van der Waals surface area contributed by atoms with Crippen LogP contribution in [-0.4, -0.2) is 18.5 Å². The van der Waals surface area contributed by atoms with Crippen LogP contribution < -0.4 is 4.74 Å². The lowest BCUT2D eigenvalue weighted by Gasteiger charge is -2.27. The predicted molar refractivity (Wildman–Crippen MR) is 108 cm³/mol. The molecule has 0 aliphatic rings. The number of rotatable bonds is 14. The minimum Gasteiger partial charge on any atom is -0.465 e. The Morgan fingerprint density at radius 2 is 1.09 bits per heavy atom. The zero-order chi connectivity index (χ0) is 24.3. The molecule has 1 aromatic rings. The quantitative estimate of drug-likeness (QED) is 0.0577. The Bertz CT molecular complexity index is 749. The number of halogens is 5. The van der Waals surface area contributed by atoms with E-state index in [1.807, 2.05) is 0 Å². The molecule has 1 rings (SSSR count). The lowest BCUT2D eigenvalue weighted by Crippen LogP contribution is -2.43. The fraction of sp³-hybridized carbons (Fsp3) is 0.652. The van der Waals surface area contributed by atoms with Gasteiger partial charge in [-0.2, -0.15) is 8.78 Å². The van der Waals surface area contributed by atoms with Gasteiger partial charge < -0.3 is 9.47 Å². The largest absolute Gasteiger partial charge is 0.465 e. The van der Waals surface area contributed by atoms with Crippen molar-refractivity contribution in [3.8, 4) is 5.75 Å². The zero-order valence-corrected chi connectivity index (χ0v) is 18.8. The Hall–Kier alpha value is -2.19. The molecule has 0 fully saturated rings. The molecule has 0 aromatic heterocycles. The molecule has 32 heavy (non-hydrogen) atoms. The maximum Gasteiger partial charge on any atom is 0.329 e. The summed E-state index contributed by atoms with van der Waals surface area (Å²) in [6, 6.07) is 0. The molecule has 0 saturated carbocycles. The Labute approximate surface area is 185 Å². The van der Waals surface area contributed by atoms with E-state index in [-0.39, 0.29) is 19.4 Å². The summed E-state index contributed by atoms with van der Waals surface area (Å²) < 4.78 is 77.4. The molecule has 0 saturated heterocycles. The molecule has 4 nitrogen and oxygen atoms in total. The van der Waals surface area contributed by atoms with Crippen LogP contribution in [0.2, 0.25) is 0 Å². The van der Waals surface area contributed by atoms with E-state index in [4.69, 9.17) is 4.74 Å². The van der Waals surface area contributed by atoms with E-state index in [0.29, 0.717) is 6.42 Å². The van der Waals surface area contributed by atoms with Gasteiger partial charge in [-0.05, 0) is 19.3 Å². The Morgan fingerprint density at radius 3 is 1.56 bits per heavy atom. The Kier molecular flexibility index (Phi) is 11.6. The molecule has 0 aliphatic heterocycles. The van der Waals surface area contributed by atoms with Crippen LogP contribution in [0.5, 0.6) is 5.75 Å². The number of ether oxygens (including phenoxy) is 2. The van der Waals surface area contributed by atoms with Crippen LogP contribution in [0.3, 0.4) is 0 Å². The van der Waals surface area contributed by atoms with Crippen molar-refractivity contribution in [1.82, 2.24) is 0 Å². The number of hydrogen-bond donors (Lipinski definition) is 0. The molecule has 0 spiro atoms. The van der Waals surface area contributed by atoms with Gasteiger partial charge in [0.1, 0.15) is 0 Å².